The molecule has 0 amide bonds. The first-order valence-corrected chi connectivity index (χ1v) is 5.28. The SMILES string of the molecule is O=C([O-])C1CCN(CCCCO)CC1.[Na+]. The van der Waals surface area contributed by atoms with Crippen LogP contribution < -0.4 is 34.7 Å². The topological polar surface area (TPSA) is 63.6 Å². The van der Waals surface area contributed by atoms with E-state index in [4.69, 9.17) is 5.11 Å². The number of carboxylic acids is 1. The van der Waals surface area contributed by atoms with E-state index in [2.05, 4.69) is 4.90 Å². The molecule has 0 radical (unpaired) electrons. The fourth-order valence-electron chi connectivity index (χ4n) is 1.84. The number of hydrogen-bond acceptors (Lipinski definition) is 4. The summed E-state index contributed by atoms with van der Waals surface area (Å²) in [6.07, 6.45) is 3.25. The summed E-state index contributed by atoms with van der Waals surface area (Å²) in [5.41, 5.74) is 0. The maximum Gasteiger partial charge on any atom is 1.00 e. The summed E-state index contributed by atoms with van der Waals surface area (Å²) in [6.45, 7) is 2.92. The van der Waals surface area contributed by atoms with E-state index in [-0.39, 0.29) is 42.1 Å². The molecule has 1 aliphatic rings. The van der Waals surface area contributed by atoms with Crippen molar-refractivity contribution in [3.8, 4) is 0 Å². The molecule has 1 saturated heterocycles. The van der Waals surface area contributed by atoms with Gasteiger partial charge < -0.3 is 19.9 Å². The number of carboxylic acid groups (broad SMARTS) is 1. The molecule has 4 nitrogen and oxygen atoms in total. The Balaban J connectivity index is 0.00000196. The van der Waals surface area contributed by atoms with Gasteiger partial charge in [0.15, 0.2) is 0 Å². The van der Waals surface area contributed by atoms with Crippen molar-refractivity contribution in [3.05, 3.63) is 0 Å². The number of piperidine rings is 1. The number of aliphatic hydroxyl groups is 1. The van der Waals surface area contributed by atoms with Gasteiger partial charge in [-0.25, -0.2) is 0 Å². The van der Waals surface area contributed by atoms with Crippen molar-refractivity contribution < 1.29 is 44.6 Å². The van der Waals surface area contributed by atoms with E-state index in [1.807, 2.05) is 0 Å². The van der Waals surface area contributed by atoms with Crippen LogP contribution in [0.5, 0.6) is 0 Å². The van der Waals surface area contributed by atoms with Gasteiger partial charge in [0.05, 0.1) is 0 Å². The van der Waals surface area contributed by atoms with Gasteiger partial charge in [-0.15, -0.1) is 0 Å². The van der Waals surface area contributed by atoms with Gasteiger partial charge in [0.1, 0.15) is 0 Å². The summed E-state index contributed by atoms with van der Waals surface area (Å²) in [7, 11) is 0. The molecule has 1 N–H and O–H groups in total. The quantitative estimate of drug-likeness (QED) is 0.384. The smallest absolute Gasteiger partial charge is 0.550 e. The van der Waals surface area contributed by atoms with Crippen molar-refractivity contribution in [1.29, 1.82) is 0 Å². The minimum absolute atomic E-state index is 0. The maximum atomic E-state index is 10.6. The number of nitrogens with zero attached hydrogens (tertiary/aromatic N) is 1. The summed E-state index contributed by atoms with van der Waals surface area (Å²) >= 11 is 0. The predicted molar refractivity (Wildman–Crippen MR) is 50.5 cm³/mol. The Morgan fingerprint density at radius 2 is 1.93 bits per heavy atom. The fourth-order valence-corrected chi connectivity index (χ4v) is 1.84. The van der Waals surface area contributed by atoms with Crippen LogP contribution in [0.25, 0.3) is 0 Å². The number of unbranched alkanes of at least 4 members (excludes halogenated alkanes) is 1. The number of aliphatic carboxylic acids is 1. The second kappa shape index (κ2) is 8.53. The summed E-state index contributed by atoms with van der Waals surface area (Å²) in [4.78, 5) is 12.8. The van der Waals surface area contributed by atoms with E-state index in [1.54, 1.807) is 0 Å². The molecule has 0 aromatic rings. The number of carbonyl (C=O) groups excluding carboxylic acids is 1. The Labute approximate surface area is 113 Å². The van der Waals surface area contributed by atoms with Gasteiger partial charge in [0.2, 0.25) is 0 Å². The van der Waals surface area contributed by atoms with Gasteiger partial charge in [-0.2, -0.15) is 0 Å². The normalized spacial score (nSPS) is 18.5. The van der Waals surface area contributed by atoms with Crippen molar-refractivity contribution in [2.75, 3.05) is 26.2 Å². The Kier molecular flexibility index (Phi) is 8.75. The van der Waals surface area contributed by atoms with Gasteiger partial charge in [0.25, 0.3) is 0 Å². The third-order valence-electron chi connectivity index (χ3n) is 2.80. The predicted octanol–water partition coefficient (Wildman–Crippen LogP) is -3.78. The van der Waals surface area contributed by atoms with E-state index in [0.29, 0.717) is 12.8 Å². The largest absolute Gasteiger partial charge is 1.00 e. The molecule has 5 heteroatoms. The molecular formula is C10H18NNaO3. The summed E-state index contributed by atoms with van der Waals surface area (Å²) in [5, 5.41) is 19.2. The van der Waals surface area contributed by atoms with E-state index < -0.39 is 5.97 Å². The van der Waals surface area contributed by atoms with Crippen LogP contribution in [0.2, 0.25) is 0 Å². The molecule has 1 rings (SSSR count). The van der Waals surface area contributed by atoms with Crippen LogP contribution in [-0.2, 0) is 4.79 Å². The van der Waals surface area contributed by atoms with Gasteiger partial charge >= 0.3 is 29.6 Å². The second-order valence-corrected chi connectivity index (χ2v) is 3.87. The Hall–Kier alpha value is 0.390. The summed E-state index contributed by atoms with van der Waals surface area (Å²) < 4.78 is 0. The molecule has 0 aromatic heterocycles. The van der Waals surface area contributed by atoms with Gasteiger partial charge in [-0.05, 0) is 45.3 Å². The number of likely N-dealkylation sites (tertiary alicyclic amines) is 1. The Bertz CT molecular complexity index is 182. The van der Waals surface area contributed by atoms with E-state index in [0.717, 1.165) is 32.5 Å². The molecule has 1 heterocycles. The third-order valence-corrected chi connectivity index (χ3v) is 2.80. The van der Waals surface area contributed by atoms with Crippen molar-refractivity contribution in [2.45, 2.75) is 25.7 Å². The van der Waals surface area contributed by atoms with Crippen molar-refractivity contribution in [3.63, 3.8) is 0 Å². The van der Waals surface area contributed by atoms with Crippen LogP contribution in [-0.4, -0.2) is 42.2 Å². The number of carbonyl (C=O) groups is 1. The van der Waals surface area contributed by atoms with Crippen LogP contribution in [0.4, 0.5) is 0 Å². The van der Waals surface area contributed by atoms with Gasteiger partial charge in [-0.1, -0.05) is 0 Å². The van der Waals surface area contributed by atoms with E-state index in [9.17, 15) is 9.90 Å². The first kappa shape index (κ1) is 15.4. The fraction of sp³-hybridized carbons (Fsp3) is 0.900. The molecule has 0 atom stereocenters. The molecule has 0 unspecified atom stereocenters. The van der Waals surface area contributed by atoms with Crippen molar-refractivity contribution in [1.82, 2.24) is 4.90 Å². The number of aliphatic hydroxyl groups excluding tert-OH is 1. The molecule has 0 bridgehead atoms. The first-order chi connectivity index (χ1) is 6.74. The zero-order chi connectivity index (χ0) is 10.4. The van der Waals surface area contributed by atoms with Crippen molar-refractivity contribution in [2.24, 2.45) is 5.92 Å². The molecular weight excluding hydrogens is 205 g/mol. The average Bonchev–Trinajstić information content (AvgIpc) is 2.19. The van der Waals surface area contributed by atoms with E-state index >= 15 is 0 Å². The van der Waals surface area contributed by atoms with Gasteiger partial charge in [-0.3, -0.25) is 0 Å². The Morgan fingerprint density at radius 3 is 2.40 bits per heavy atom. The monoisotopic (exact) mass is 223 g/mol. The van der Waals surface area contributed by atoms with Crippen LogP contribution in [0.15, 0.2) is 0 Å². The third kappa shape index (κ3) is 5.88. The zero-order valence-electron chi connectivity index (χ0n) is 9.45. The standard InChI is InChI=1S/C10H19NO3.Na/c12-8-2-1-5-11-6-3-9(4-7-11)10(13)14;/h9,12H,1-8H2,(H,13,14);/q;+1/p-1. The number of hydrogen-bond donors (Lipinski definition) is 1. The van der Waals surface area contributed by atoms with Gasteiger partial charge in [0, 0.05) is 18.5 Å². The van der Waals surface area contributed by atoms with Crippen LogP contribution in [0, 0.1) is 5.92 Å². The number of rotatable bonds is 5. The molecule has 0 aromatic carbocycles. The Morgan fingerprint density at radius 1 is 1.33 bits per heavy atom. The van der Waals surface area contributed by atoms with E-state index in [1.165, 1.54) is 0 Å². The molecule has 82 valence electrons. The average molecular weight is 223 g/mol. The molecule has 0 aliphatic carbocycles. The zero-order valence-corrected chi connectivity index (χ0v) is 11.4. The maximum absolute atomic E-state index is 10.6. The van der Waals surface area contributed by atoms with Crippen LogP contribution in [0.3, 0.4) is 0 Å². The minimum atomic E-state index is -0.903. The molecule has 1 aliphatic heterocycles. The van der Waals surface area contributed by atoms with Crippen LogP contribution >= 0.6 is 0 Å². The molecule has 0 spiro atoms. The first-order valence-electron chi connectivity index (χ1n) is 5.28. The molecule has 1 fully saturated rings. The molecule has 15 heavy (non-hydrogen) atoms. The molecule has 0 saturated carbocycles. The second-order valence-electron chi connectivity index (χ2n) is 3.87. The minimum Gasteiger partial charge on any atom is -0.550 e. The summed E-state index contributed by atoms with van der Waals surface area (Å²) in [6, 6.07) is 0. The van der Waals surface area contributed by atoms with Crippen molar-refractivity contribution >= 4 is 5.97 Å². The van der Waals surface area contributed by atoms with Crippen LogP contribution in [0.1, 0.15) is 25.7 Å². The summed E-state index contributed by atoms with van der Waals surface area (Å²) in [5.74, 6) is -1.15.